The predicted octanol–water partition coefficient (Wildman–Crippen LogP) is 3.95. The molecule has 16 heavy (non-hydrogen) atoms. The van der Waals surface area contributed by atoms with Gasteiger partial charge in [0, 0.05) is 0 Å². The van der Waals surface area contributed by atoms with Crippen molar-refractivity contribution in [2.24, 2.45) is 0 Å². The van der Waals surface area contributed by atoms with Gasteiger partial charge in [-0.2, -0.15) is 0 Å². The second kappa shape index (κ2) is 5.38. The summed E-state index contributed by atoms with van der Waals surface area (Å²) in [5.41, 5.74) is 6.46. The van der Waals surface area contributed by atoms with Gasteiger partial charge in [-0.1, -0.05) is 27.7 Å². The van der Waals surface area contributed by atoms with Crippen molar-refractivity contribution in [2.75, 3.05) is 0 Å². The Hall–Kier alpha value is -0.980. The van der Waals surface area contributed by atoms with Crippen molar-refractivity contribution in [3.63, 3.8) is 0 Å². The summed E-state index contributed by atoms with van der Waals surface area (Å²) < 4.78 is 0. The summed E-state index contributed by atoms with van der Waals surface area (Å²) in [4.78, 5) is 0. The van der Waals surface area contributed by atoms with Gasteiger partial charge in [0.1, 0.15) is 5.75 Å². The maximum Gasteiger partial charge on any atom is 0.122 e. The summed E-state index contributed by atoms with van der Waals surface area (Å²) in [7, 11) is 0. The number of hydrogen-bond acceptors (Lipinski definition) is 1. The summed E-state index contributed by atoms with van der Waals surface area (Å²) >= 11 is 0. The zero-order valence-electron chi connectivity index (χ0n) is 11.3. The standard InChI is InChI=1S/C15H24O/c1-6-11-10(5)15(16)14(9-4)13(8-3)12(11)7-2/h16H,6-9H2,1-5H3. The van der Waals surface area contributed by atoms with Gasteiger partial charge in [0.25, 0.3) is 0 Å². The molecule has 1 aromatic rings. The molecule has 0 spiro atoms. The van der Waals surface area contributed by atoms with Crippen LogP contribution in [0.25, 0.3) is 0 Å². The third kappa shape index (κ3) is 1.95. The lowest BCUT2D eigenvalue weighted by Crippen LogP contribution is -2.05. The molecule has 0 fully saturated rings. The Morgan fingerprint density at radius 1 is 0.688 bits per heavy atom. The van der Waals surface area contributed by atoms with Gasteiger partial charge in [0.2, 0.25) is 0 Å². The van der Waals surface area contributed by atoms with Crippen molar-refractivity contribution in [1.29, 1.82) is 0 Å². The van der Waals surface area contributed by atoms with Crippen molar-refractivity contribution in [1.82, 2.24) is 0 Å². The van der Waals surface area contributed by atoms with E-state index in [0.717, 1.165) is 36.8 Å². The summed E-state index contributed by atoms with van der Waals surface area (Å²) in [6.07, 6.45) is 4.03. The molecule has 0 atom stereocenters. The molecule has 1 heteroatoms. The Morgan fingerprint density at radius 3 is 1.44 bits per heavy atom. The molecular weight excluding hydrogens is 196 g/mol. The summed E-state index contributed by atoms with van der Waals surface area (Å²) in [5.74, 6) is 0.536. The normalized spacial score (nSPS) is 10.8. The van der Waals surface area contributed by atoms with Gasteiger partial charge >= 0.3 is 0 Å². The molecule has 0 radical (unpaired) electrons. The molecule has 1 rings (SSSR count). The van der Waals surface area contributed by atoms with E-state index in [9.17, 15) is 5.11 Å². The van der Waals surface area contributed by atoms with Gasteiger partial charge in [0.15, 0.2) is 0 Å². The van der Waals surface area contributed by atoms with Gasteiger partial charge in [-0.15, -0.1) is 0 Å². The number of phenols is 1. The molecule has 0 amide bonds. The van der Waals surface area contributed by atoms with Gasteiger partial charge in [-0.3, -0.25) is 0 Å². The van der Waals surface area contributed by atoms with Gasteiger partial charge in [-0.05, 0) is 60.4 Å². The summed E-state index contributed by atoms with van der Waals surface area (Å²) in [6, 6.07) is 0. The van der Waals surface area contributed by atoms with Crippen LogP contribution in [0.1, 0.15) is 55.5 Å². The summed E-state index contributed by atoms with van der Waals surface area (Å²) in [5, 5.41) is 10.2. The van der Waals surface area contributed by atoms with E-state index in [-0.39, 0.29) is 0 Å². The number of hydrogen-bond donors (Lipinski definition) is 1. The average molecular weight is 220 g/mol. The molecule has 0 aromatic heterocycles. The molecule has 0 aliphatic heterocycles. The van der Waals surface area contributed by atoms with E-state index >= 15 is 0 Å². The molecule has 0 bridgehead atoms. The van der Waals surface area contributed by atoms with E-state index in [0.29, 0.717) is 5.75 Å². The van der Waals surface area contributed by atoms with Crippen molar-refractivity contribution in [3.05, 3.63) is 27.8 Å². The van der Waals surface area contributed by atoms with Crippen LogP contribution >= 0.6 is 0 Å². The van der Waals surface area contributed by atoms with Crippen LogP contribution in [0.5, 0.6) is 5.75 Å². The maximum absolute atomic E-state index is 10.2. The molecule has 0 heterocycles. The maximum atomic E-state index is 10.2. The molecule has 0 aliphatic rings. The van der Waals surface area contributed by atoms with Crippen molar-refractivity contribution in [3.8, 4) is 5.75 Å². The molecule has 1 nitrogen and oxygen atoms in total. The van der Waals surface area contributed by atoms with E-state index in [4.69, 9.17) is 0 Å². The van der Waals surface area contributed by atoms with Crippen molar-refractivity contribution in [2.45, 2.75) is 60.3 Å². The molecule has 1 aromatic carbocycles. The zero-order valence-corrected chi connectivity index (χ0v) is 11.3. The smallest absolute Gasteiger partial charge is 0.122 e. The Labute approximate surface area is 99.5 Å². The number of phenolic OH excluding ortho intramolecular Hbond substituents is 1. The molecule has 1 N–H and O–H groups in total. The first-order chi connectivity index (χ1) is 7.62. The van der Waals surface area contributed by atoms with Crippen LogP contribution in [0.3, 0.4) is 0 Å². The fourth-order valence-corrected chi connectivity index (χ4v) is 2.82. The highest BCUT2D eigenvalue weighted by atomic mass is 16.3. The first kappa shape index (κ1) is 13.1. The second-order valence-corrected chi connectivity index (χ2v) is 4.30. The van der Waals surface area contributed by atoms with Gasteiger partial charge < -0.3 is 5.11 Å². The van der Waals surface area contributed by atoms with Crippen LogP contribution in [0, 0.1) is 6.92 Å². The first-order valence-electron chi connectivity index (χ1n) is 6.47. The Morgan fingerprint density at radius 2 is 1.06 bits per heavy atom. The minimum Gasteiger partial charge on any atom is -0.507 e. The Kier molecular flexibility index (Phi) is 4.40. The lowest BCUT2D eigenvalue weighted by atomic mass is 9.86. The monoisotopic (exact) mass is 220 g/mol. The second-order valence-electron chi connectivity index (χ2n) is 4.30. The van der Waals surface area contributed by atoms with E-state index < -0.39 is 0 Å². The zero-order chi connectivity index (χ0) is 12.3. The molecule has 0 unspecified atom stereocenters. The van der Waals surface area contributed by atoms with E-state index in [1.54, 1.807) is 0 Å². The SMILES string of the molecule is CCc1c(C)c(O)c(CC)c(CC)c1CC. The quantitative estimate of drug-likeness (QED) is 0.814. The van der Waals surface area contributed by atoms with Crippen LogP contribution in [0.4, 0.5) is 0 Å². The molecule has 0 aliphatic carbocycles. The highest BCUT2D eigenvalue weighted by molar-refractivity contribution is 5.54. The predicted molar refractivity (Wildman–Crippen MR) is 70.4 cm³/mol. The Balaban J connectivity index is 3.61. The van der Waals surface area contributed by atoms with E-state index in [1.165, 1.54) is 16.7 Å². The third-order valence-electron chi connectivity index (χ3n) is 3.60. The highest BCUT2D eigenvalue weighted by Crippen LogP contribution is 2.34. The fourth-order valence-electron chi connectivity index (χ4n) is 2.82. The Bertz CT molecular complexity index is 341. The minimum atomic E-state index is 0.536. The molecule has 90 valence electrons. The lowest BCUT2D eigenvalue weighted by Gasteiger charge is -2.20. The van der Waals surface area contributed by atoms with Crippen LogP contribution < -0.4 is 0 Å². The lowest BCUT2D eigenvalue weighted by molar-refractivity contribution is 0.462. The molecular formula is C15H24O. The van der Waals surface area contributed by atoms with Crippen LogP contribution in [0.2, 0.25) is 0 Å². The van der Waals surface area contributed by atoms with E-state index in [2.05, 4.69) is 27.7 Å². The highest BCUT2D eigenvalue weighted by Gasteiger charge is 2.17. The van der Waals surface area contributed by atoms with Gasteiger partial charge in [0.05, 0.1) is 0 Å². The first-order valence-corrected chi connectivity index (χ1v) is 6.47. The summed E-state index contributed by atoms with van der Waals surface area (Å²) in [6.45, 7) is 10.7. The van der Waals surface area contributed by atoms with Crippen LogP contribution in [0.15, 0.2) is 0 Å². The minimum absolute atomic E-state index is 0.536. The van der Waals surface area contributed by atoms with Crippen LogP contribution in [-0.4, -0.2) is 5.11 Å². The molecule has 0 saturated carbocycles. The van der Waals surface area contributed by atoms with Crippen LogP contribution in [-0.2, 0) is 25.7 Å². The van der Waals surface area contributed by atoms with Crippen molar-refractivity contribution < 1.29 is 5.11 Å². The van der Waals surface area contributed by atoms with E-state index in [1.807, 2.05) is 6.92 Å². The topological polar surface area (TPSA) is 20.2 Å². The molecule has 0 saturated heterocycles. The number of benzene rings is 1. The van der Waals surface area contributed by atoms with Crippen molar-refractivity contribution >= 4 is 0 Å². The fraction of sp³-hybridized carbons (Fsp3) is 0.600. The third-order valence-corrected chi connectivity index (χ3v) is 3.60. The average Bonchev–Trinajstić information content (AvgIpc) is 2.31. The number of rotatable bonds is 4. The number of aromatic hydroxyl groups is 1. The van der Waals surface area contributed by atoms with Gasteiger partial charge in [-0.25, -0.2) is 0 Å². The largest absolute Gasteiger partial charge is 0.507 e.